The van der Waals surface area contributed by atoms with Gasteiger partial charge in [0.05, 0.1) is 18.0 Å². The van der Waals surface area contributed by atoms with Crippen LogP contribution in [0.2, 0.25) is 0 Å². The molecule has 0 aliphatic carbocycles. The molecule has 0 bridgehead atoms. The Balaban J connectivity index is 1.56. The minimum atomic E-state index is 0.0253. The molecule has 0 N–H and O–H groups in total. The lowest BCUT2D eigenvalue weighted by Crippen LogP contribution is -2.30. The molecule has 128 valence electrons. The number of ether oxygens (including phenoxy) is 1. The highest BCUT2D eigenvalue weighted by Gasteiger charge is 2.31. The van der Waals surface area contributed by atoms with Crippen LogP contribution in [0.5, 0.6) is 5.75 Å². The van der Waals surface area contributed by atoms with Crippen molar-refractivity contribution in [1.82, 2.24) is 9.88 Å². The van der Waals surface area contributed by atoms with Crippen molar-refractivity contribution in [2.45, 2.75) is 18.9 Å². The van der Waals surface area contributed by atoms with Crippen molar-refractivity contribution in [1.29, 1.82) is 0 Å². The summed E-state index contributed by atoms with van der Waals surface area (Å²) in [6.07, 6.45) is 2.00. The van der Waals surface area contributed by atoms with Crippen LogP contribution in [-0.2, 0) is 0 Å². The summed E-state index contributed by atoms with van der Waals surface area (Å²) in [6, 6.07) is 12.2. The highest BCUT2D eigenvalue weighted by molar-refractivity contribution is 7.20. The summed E-state index contributed by atoms with van der Waals surface area (Å²) >= 11 is 3.18. The van der Waals surface area contributed by atoms with Crippen LogP contribution >= 0.6 is 22.7 Å². The average Bonchev–Trinajstić information content (AvgIpc) is 3.42. The lowest BCUT2D eigenvalue weighted by molar-refractivity contribution is 0.0730. The molecule has 25 heavy (non-hydrogen) atoms. The number of aromatic nitrogens is 1. The SMILES string of the molecule is COc1ccc(C2CCCN2C(=O)c2csc(-c3cccs3)n2)cc1. The van der Waals surface area contributed by atoms with Gasteiger partial charge < -0.3 is 9.64 Å². The van der Waals surface area contributed by atoms with E-state index in [1.165, 1.54) is 11.3 Å². The van der Waals surface area contributed by atoms with Gasteiger partial charge in [-0.3, -0.25) is 4.79 Å². The molecule has 0 radical (unpaired) electrons. The molecule has 1 fully saturated rings. The van der Waals surface area contributed by atoms with Gasteiger partial charge in [0.25, 0.3) is 5.91 Å². The maximum absolute atomic E-state index is 13.0. The van der Waals surface area contributed by atoms with Crippen LogP contribution in [0.4, 0.5) is 0 Å². The standard InChI is InChI=1S/C19H18N2O2S2/c1-23-14-8-6-13(7-9-14)16-4-2-10-21(16)19(22)15-12-25-18(20-15)17-5-3-11-24-17/h3,5-9,11-12,16H,2,4,10H2,1H3. The smallest absolute Gasteiger partial charge is 0.273 e. The van der Waals surface area contributed by atoms with E-state index in [4.69, 9.17) is 4.74 Å². The molecule has 1 amide bonds. The minimum Gasteiger partial charge on any atom is -0.497 e. The predicted molar refractivity (Wildman–Crippen MR) is 101 cm³/mol. The van der Waals surface area contributed by atoms with Crippen LogP contribution in [0.1, 0.15) is 34.9 Å². The van der Waals surface area contributed by atoms with E-state index in [0.29, 0.717) is 5.69 Å². The number of carbonyl (C=O) groups excluding carboxylic acids is 1. The van der Waals surface area contributed by atoms with Gasteiger partial charge in [0.2, 0.25) is 0 Å². The van der Waals surface area contributed by atoms with Crippen LogP contribution in [0.3, 0.4) is 0 Å². The number of hydrogen-bond donors (Lipinski definition) is 0. The Morgan fingerprint density at radius 1 is 1.24 bits per heavy atom. The van der Waals surface area contributed by atoms with Crippen LogP contribution in [0.25, 0.3) is 9.88 Å². The first kappa shape index (κ1) is 16.3. The topological polar surface area (TPSA) is 42.4 Å². The summed E-state index contributed by atoms with van der Waals surface area (Å²) in [5, 5.41) is 4.82. The monoisotopic (exact) mass is 370 g/mol. The molecule has 0 spiro atoms. The fourth-order valence-electron chi connectivity index (χ4n) is 3.21. The first-order chi connectivity index (χ1) is 12.3. The fourth-order valence-corrected chi connectivity index (χ4v) is 4.82. The second-order valence-corrected chi connectivity index (χ2v) is 7.75. The molecular weight excluding hydrogens is 352 g/mol. The first-order valence-corrected chi connectivity index (χ1v) is 9.96. The zero-order chi connectivity index (χ0) is 17.2. The average molecular weight is 370 g/mol. The molecule has 4 nitrogen and oxygen atoms in total. The summed E-state index contributed by atoms with van der Waals surface area (Å²) in [7, 11) is 1.66. The lowest BCUT2D eigenvalue weighted by Gasteiger charge is -2.24. The van der Waals surface area contributed by atoms with Gasteiger partial charge in [-0.2, -0.15) is 0 Å². The van der Waals surface area contributed by atoms with Gasteiger partial charge in [-0.1, -0.05) is 18.2 Å². The molecule has 1 aliphatic rings. The quantitative estimate of drug-likeness (QED) is 0.659. The third kappa shape index (κ3) is 3.19. The van der Waals surface area contributed by atoms with Gasteiger partial charge in [-0.25, -0.2) is 4.98 Å². The van der Waals surface area contributed by atoms with E-state index in [1.807, 2.05) is 52.1 Å². The second-order valence-electron chi connectivity index (χ2n) is 5.94. The first-order valence-electron chi connectivity index (χ1n) is 8.20. The maximum atomic E-state index is 13.0. The van der Waals surface area contributed by atoms with Crippen molar-refractivity contribution in [3.63, 3.8) is 0 Å². The van der Waals surface area contributed by atoms with Crippen molar-refractivity contribution >= 4 is 28.6 Å². The number of carbonyl (C=O) groups is 1. The molecule has 1 unspecified atom stereocenters. The van der Waals surface area contributed by atoms with Gasteiger partial charge in [0.15, 0.2) is 0 Å². The number of hydrogen-bond acceptors (Lipinski definition) is 5. The van der Waals surface area contributed by atoms with Gasteiger partial charge in [0.1, 0.15) is 16.5 Å². The number of thiazole rings is 1. The van der Waals surface area contributed by atoms with E-state index in [2.05, 4.69) is 4.98 Å². The normalized spacial score (nSPS) is 17.0. The summed E-state index contributed by atoms with van der Waals surface area (Å²) in [4.78, 5) is 20.6. The summed E-state index contributed by atoms with van der Waals surface area (Å²) in [6.45, 7) is 0.779. The fraction of sp³-hybridized carbons (Fsp3) is 0.263. The molecule has 1 aromatic carbocycles. The number of rotatable bonds is 4. The number of likely N-dealkylation sites (tertiary alicyclic amines) is 1. The molecule has 6 heteroatoms. The van der Waals surface area contributed by atoms with Gasteiger partial charge in [-0.15, -0.1) is 22.7 Å². The third-order valence-corrected chi connectivity index (χ3v) is 6.35. The number of thiophene rings is 1. The van der Waals surface area contributed by atoms with E-state index in [0.717, 1.165) is 40.6 Å². The number of benzene rings is 1. The molecule has 4 rings (SSSR count). The maximum Gasteiger partial charge on any atom is 0.273 e. The molecule has 0 saturated carbocycles. The number of methoxy groups -OCH3 is 1. The Morgan fingerprint density at radius 3 is 2.80 bits per heavy atom. The lowest BCUT2D eigenvalue weighted by atomic mass is 10.0. The van der Waals surface area contributed by atoms with Crippen LogP contribution in [0.15, 0.2) is 47.2 Å². The highest BCUT2D eigenvalue weighted by Crippen LogP contribution is 2.35. The van der Waals surface area contributed by atoms with Crippen molar-refractivity contribution in [2.75, 3.05) is 13.7 Å². The zero-order valence-electron chi connectivity index (χ0n) is 13.8. The van der Waals surface area contributed by atoms with Crippen molar-refractivity contribution in [3.05, 3.63) is 58.4 Å². The van der Waals surface area contributed by atoms with Gasteiger partial charge >= 0.3 is 0 Å². The number of amides is 1. The van der Waals surface area contributed by atoms with Gasteiger partial charge in [-0.05, 0) is 42.0 Å². The van der Waals surface area contributed by atoms with Crippen LogP contribution < -0.4 is 4.74 Å². The van der Waals surface area contributed by atoms with Crippen molar-refractivity contribution in [2.24, 2.45) is 0 Å². The highest BCUT2D eigenvalue weighted by atomic mass is 32.1. The van der Waals surface area contributed by atoms with E-state index in [-0.39, 0.29) is 11.9 Å². The Bertz CT molecular complexity index is 856. The molecule has 1 aliphatic heterocycles. The Morgan fingerprint density at radius 2 is 2.08 bits per heavy atom. The van der Waals surface area contributed by atoms with Crippen LogP contribution in [0, 0.1) is 0 Å². The van der Waals surface area contributed by atoms with Crippen molar-refractivity contribution in [3.8, 4) is 15.6 Å². The molecule has 1 saturated heterocycles. The largest absolute Gasteiger partial charge is 0.497 e. The molecule has 3 heterocycles. The molecule has 1 atom stereocenters. The zero-order valence-corrected chi connectivity index (χ0v) is 15.5. The Hall–Kier alpha value is -2.18. The van der Waals surface area contributed by atoms with E-state index in [9.17, 15) is 4.79 Å². The Labute approximate surface area is 154 Å². The van der Waals surface area contributed by atoms with Crippen molar-refractivity contribution < 1.29 is 9.53 Å². The van der Waals surface area contributed by atoms with Crippen LogP contribution in [-0.4, -0.2) is 29.4 Å². The Kier molecular flexibility index (Phi) is 4.55. The van der Waals surface area contributed by atoms with E-state index < -0.39 is 0 Å². The van der Waals surface area contributed by atoms with Gasteiger partial charge in [0, 0.05) is 11.9 Å². The second kappa shape index (κ2) is 6.98. The molecule has 2 aromatic heterocycles. The summed E-state index contributed by atoms with van der Waals surface area (Å²) in [5.41, 5.74) is 1.70. The summed E-state index contributed by atoms with van der Waals surface area (Å²) in [5.74, 6) is 0.858. The third-order valence-electron chi connectivity index (χ3n) is 4.47. The molecular formula is C19H18N2O2S2. The van der Waals surface area contributed by atoms with E-state index >= 15 is 0 Å². The predicted octanol–water partition coefficient (Wildman–Crippen LogP) is 4.86. The number of nitrogens with zero attached hydrogens (tertiary/aromatic N) is 2. The van der Waals surface area contributed by atoms with E-state index in [1.54, 1.807) is 18.4 Å². The minimum absolute atomic E-state index is 0.0253. The summed E-state index contributed by atoms with van der Waals surface area (Å²) < 4.78 is 5.23. The molecule has 3 aromatic rings.